The maximum absolute atomic E-state index is 11.7. The Bertz CT molecular complexity index is 353. The van der Waals surface area contributed by atoms with Crippen LogP contribution in [-0.4, -0.2) is 35.0 Å². The Kier molecular flexibility index (Phi) is 3.45. The summed E-state index contributed by atoms with van der Waals surface area (Å²) in [5, 5.41) is 13.3. The van der Waals surface area contributed by atoms with E-state index < -0.39 is 23.0 Å². The van der Waals surface area contributed by atoms with E-state index in [-0.39, 0.29) is 12.3 Å². The molecule has 3 N–H and O–H groups in total. The van der Waals surface area contributed by atoms with Crippen molar-refractivity contribution in [3.8, 4) is 0 Å². The quantitative estimate of drug-likeness (QED) is 0.669. The summed E-state index contributed by atoms with van der Waals surface area (Å²) in [7, 11) is 0. The zero-order valence-electron chi connectivity index (χ0n) is 10.3. The lowest BCUT2D eigenvalue weighted by Crippen LogP contribution is -2.50. The number of carboxylic acid groups (broad SMARTS) is 1. The van der Waals surface area contributed by atoms with E-state index in [0.29, 0.717) is 12.8 Å². The first kappa shape index (κ1) is 13.5. The van der Waals surface area contributed by atoms with Gasteiger partial charge in [-0.25, -0.2) is 4.79 Å². The van der Waals surface area contributed by atoms with Gasteiger partial charge in [0.15, 0.2) is 5.78 Å². The third-order valence-electron chi connectivity index (χ3n) is 2.78. The van der Waals surface area contributed by atoms with E-state index in [0.717, 1.165) is 0 Å². The first-order valence-corrected chi connectivity index (χ1v) is 5.50. The van der Waals surface area contributed by atoms with Gasteiger partial charge < -0.3 is 15.7 Å². The Hall–Kier alpha value is -1.59. The summed E-state index contributed by atoms with van der Waals surface area (Å²) in [5.74, 6) is -0.505. The van der Waals surface area contributed by atoms with Crippen LogP contribution in [0.3, 0.4) is 0 Å². The molecular formula is C11H18N2O4. The fourth-order valence-electron chi connectivity index (χ4n) is 1.33. The summed E-state index contributed by atoms with van der Waals surface area (Å²) in [6.07, 6.45) is -0.260. The highest BCUT2D eigenvalue weighted by Crippen LogP contribution is 2.35. The van der Waals surface area contributed by atoms with E-state index in [2.05, 4.69) is 10.6 Å². The second-order valence-corrected chi connectivity index (χ2v) is 5.37. The Morgan fingerprint density at radius 3 is 2.12 bits per heavy atom. The van der Waals surface area contributed by atoms with Crippen molar-refractivity contribution in [1.82, 2.24) is 10.6 Å². The number of hydrogen-bond acceptors (Lipinski definition) is 3. The average Bonchev–Trinajstić information content (AvgIpc) is 2.92. The van der Waals surface area contributed by atoms with Gasteiger partial charge in [0.2, 0.25) is 5.91 Å². The molecule has 0 radical (unpaired) electrons. The molecule has 0 aliphatic heterocycles. The van der Waals surface area contributed by atoms with Gasteiger partial charge in [-0.1, -0.05) is 20.8 Å². The summed E-state index contributed by atoms with van der Waals surface area (Å²) in [6.45, 7) is 5.24. The maximum atomic E-state index is 11.7. The van der Waals surface area contributed by atoms with Crippen molar-refractivity contribution in [2.45, 2.75) is 39.2 Å². The molecule has 1 aliphatic rings. The molecular weight excluding hydrogens is 224 g/mol. The van der Waals surface area contributed by atoms with Crippen molar-refractivity contribution >= 4 is 17.8 Å². The van der Waals surface area contributed by atoms with E-state index in [4.69, 9.17) is 5.11 Å². The smallest absolute Gasteiger partial charge is 0.405 e. The Balaban J connectivity index is 2.46. The minimum absolute atomic E-state index is 0.0641. The first-order valence-electron chi connectivity index (χ1n) is 5.50. The lowest BCUT2D eigenvalue weighted by atomic mass is 9.91. The molecule has 0 aromatic carbocycles. The molecule has 0 saturated heterocycles. The fraction of sp³-hybridized carbons (Fsp3) is 0.727. The van der Waals surface area contributed by atoms with Crippen molar-refractivity contribution in [2.24, 2.45) is 5.41 Å². The second kappa shape index (κ2) is 4.35. The largest absolute Gasteiger partial charge is 0.465 e. The molecule has 96 valence electrons. The molecule has 0 aromatic heterocycles. The molecule has 0 unspecified atom stereocenters. The van der Waals surface area contributed by atoms with Crippen LogP contribution >= 0.6 is 0 Å². The van der Waals surface area contributed by atoms with Crippen LogP contribution in [0, 0.1) is 5.41 Å². The standard InChI is InChI=1S/C11H18N2O4/c1-10(2,3)7(14)6-12-8(15)11(4-5-11)13-9(16)17/h13H,4-6H2,1-3H3,(H,12,15)(H,16,17). The highest BCUT2D eigenvalue weighted by atomic mass is 16.4. The molecule has 0 heterocycles. The van der Waals surface area contributed by atoms with Gasteiger partial charge in [-0.15, -0.1) is 0 Å². The highest BCUT2D eigenvalue weighted by Gasteiger charge is 2.51. The molecule has 6 nitrogen and oxygen atoms in total. The normalized spacial score (nSPS) is 17.1. The second-order valence-electron chi connectivity index (χ2n) is 5.37. The number of nitrogens with one attached hydrogen (secondary N) is 2. The molecule has 0 aromatic rings. The molecule has 1 aliphatic carbocycles. The molecule has 0 atom stereocenters. The zero-order valence-corrected chi connectivity index (χ0v) is 10.3. The van der Waals surface area contributed by atoms with Crippen molar-refractivity contribution in [2.75, 3.05) is 6.54 Å². The predicted molar refractivity (Wildman–Crippen MR) is 60.6 cm³/mol. The van der Waals surface area contributed by atoms with Gasteiger partial charge in [0.1, 0.15) is 5.54 Å². The Morgan fingerprint density at radius 2 is 1.76 bits per heavy atom. The predicted octanol–water partition coefficient (Wildman–Crippen LogP) is 0.518. The van der Waals surface area contributed by atoms with Crippen LogP contribution in [0.4, 0.5) is 4.79 Å². The number of Topliss-reactive ketones (excluding diaryl/α,β-unsaturated/α-hetero) is 1. The monoisotopic (exact) mass is 242 g/mol. The Morgan fingerprint density at radius 1 is 1.24 bits per heavy atom. The number of hydrogen-bond donors (Lipinski definition) is 3. The van der Waals surface area contributed by atoms with E-state index in [1.807, 2.05) is 0 Å². The van der Waals surface area contributed by atoms with Crippen molar-refractivity contribution in [3.63, 3.8) is 0 Å². The van der Waals surface area contributed by atoms with Gasteiger partial charge in [-0.2, -0.15) is 0 Å². The van der Waals surface area contributed by atoms with Crippen LogP contribution in [0.2, 0.25) is 0 Å². The van der Waals surface area contributed by atoms with Gasteiger partial charge in [0.05, 0.1) is 6.54 Å². The van der Waals surface area contributed by atoms with Gasteiger partial charge >= 0.3 is 6.09 Å². The van der Waals surface area contributed by atoms with E-state index in [1.165, 1.54) is 0 Å². The van der Waals surface area contributed by atoms with Crippen molar-refractivity contribution in [1.29, 1.82) is 0 Å². The molecule has 17 heavy (non-hydrogen) atoms. The first-order chi connectivity index (χ1) is 7.67. The summed E-state index contributed by atoms with van der Waals surface area (Å²) >= 11 is 0. The van der Waals surface area contributed by atoms with Crippen LogP contribution in [0.25, 0.3) is 0 Å². The molecule has 6 heteroatoms. The zero-order chi connectivity index (χ0) is 13.3. The number of carbonyl (C=O) groups is 3. The molecule has 2 amide bonds. The van der Waals surface area contributed by atoms with Gasteiger partial charge in [-0.05, 0) is 12.8 Å². The van der Waals surface area contributed by atoms with Crippen LogP contribution < -0.4 is 10.6 Å². The molecule has 1 saturated carbocycles. The lowest BCUT2D eigenvalue weighted by molar-refractivity contribution is -0.130. The van der Waals surface area contributed by atoms with E-state index in [1.54, 1.807) is 20.8 Å². The minimum Gasteiger partial charge on any atom is -0.465 e. The molecule has 0 bridgehead atoms. The summed E-state index contributed by atoms with van der Waals surface area (Å²) in [4.78, 5) is 33.8. The van der Waals surface area contributed by atoms with Gasteiger partial charge in [-0.3, -0.25) is 9.59 Å². The fourth-order valence-corrected chi connectivity index (χ4v) is 1.33. The van der Waals surface area contributed by atoms with Crippen LogP contribution in [-0.2, 0) is 9.59 Å². The van der Waals surface area contributed by atoms with Crippen molar-refractivity contribution in [3.05, 3.63) is 0 Å². The van der Waals surface area contributed by atoms with E-state index >= 15 is 0 Å². The Labute approximate surface area is 99.8 Å². The molecule has 1 rings (SSSR count). The summed E-state index contributed by atoms with van der Waals surface area (Å²) in [5.41, 5.74) is -1.52. The topological polar surface area (TPSA) is 95.5 Å². The number of amides is 2. The minimum atomic E-state index is -1.22. The number of carbonyl (C=O) groups excluding carboxylic acids is 2. The van der Waals surface area contributed by atoms with Crippen molar-refractivity contribution < 1.29 is 19.5 Å². The molecule has 0 spiro atoms. The van der Waals surface area contributed by atoms with Crippen LogP contribution in [0.1, 0.15) is 33.6 Å². The third-order valence-corrected chi connectivity index (χ3v) is 2.78. The molecule has 1 fully saturated rings. The van der Waals surface area contributed by atoms with E-state index in [9.17, 15) is 14.4 Å². The third kappa shape index (κ3) is 3.44. The maximum Gasteiger partial charge on any atom is 0.405 e. The van der Waals surface area contributed by atoms with Gasteiger partial charge in [0, 0.05) is 5.41 Å². The summed E-state index contributed by atoms with van der Waals surface area (Å²) in [6, 6.07) is 0. The SMILES string of the molecule is CC(C)(C)C(=O)CNC(=O)C1(NC(=O)O)CC1. The lowest BCUT2D eigenvalue weighted by Gasteiger charge is -2.19. The van der Waals surface area contributed by atoms with Crippen LogP contribution in [0.15, 0.2) is 0 Å². The number of rotatable bonds is 4. The number of ketones is 1. The van der Waals surface area contributed by atoms with Crippen LogP contribution in [0.5, 0.6) is 0 Å². The highest BCUT2D eigenvalue weighted by molar-refractivity contribution is 5.96. The summed E-state index contributed by atoms with van der Waals surface area (Å²) < 4.78 is 0. The van der Waals surface area contributed by atoms with Gasteiger partial charge in [0.25, 0.3) is 0 Å². The average molecular weight is 242 g/mol.